The Labute approximate surface area is 124 Å². The Kier molecular flexibility index (Phi) is 4.03. The molecule has 0 aliphatic carbocycles. The molecule has 2 fully saturated rings. The van der Waals surface area contributed by atoms with Crippen LogP contribution in [0.2, 0.25) is 0 Å². The molecule has 1 amide bonds. The second kappa shape index (κ2) is 5.78. The molecular formula is C16H21NO2S. The predicted octanol–water partition coefficient (Wildman–Crippen LogP) is 2.68. The van der Waals surface area contributed by atoms with Gasteiger partial charge in [-0.2, -0.15) is 11.8 Å². The maximum absolute atomic E-state index is 12.8. The van der Waals surface area contributed by atoms with Crippen LogP contribution in [0.1, 0.15) is 41.6 Å². The van der Waals surface area contributed by atoms with Crippen LogP contribution in [0.5, 0.6) is 0 Å². The topological polar surface area (TPSA) is 40.5 Å². The molecule has 2 aliphatic rings. The lowest BCUT2D eigenvalue weighted by molar-refractivity contribution is 0.0287. The Morgan fingerprint density at radius 3 is 2.70 bits per heavy atom. The van der Waals surface area contributed by atoms with E-state index in [-0.39, 0.29) is 24.1 Å². The summed E-state index contributed by atoms with van der Waals surface area (Å²) in [7, 11) is 0. The molecule has 108 valence electrons. The summed E-state index contributed by atoms with van der Waals surface area (Å²) in [6.07, 6.45) is 5.41. The number of rotatable bonds is 3. The minimum absolute atomic E-state index is 0.146. The highest BCUT2D eigenvalue weighted by Gasteiger charge is 2.42. The van der Waals surface area contributed by atoms with E-state index in [4.69, 9.17) is 0 Å². The summed E-state index contributed by atoms with van der Waals surface area (Å²) in [5.41, 5.74) is 2.00. The van der Waals surface area contributed by atoms with Gasteiger partial charge in [-0.05, 0) is 49.6 Å². The van der Waals surface area contributed by atoms with E-state index in [2.05, 4.69) is 12.3 Å². The lowest BCUT2D eigenvalue weighted by Gasteiger charge is -2.37. The smallest absolute Gasteiger partial charge is 0.254 e. The second-order valence-corrected chi connectivity index (χ2v) is 6.72. The first-order chi connectivity index (χ1) is 9.69. The van der Waals surface area contributed by atoms with Crippen molar-refractivity contribution in [3.8, 4) is 0 Å². The van der Waals surface area contributed by atoms with Crippen molar-refractivity contribution in [2.75, 3.05) is 6.26 Å². The number of carbonyl (C=O) groups is 1. The third-order valence-corrected chi connectivity index (χ3v) is 5.05. The van der Waals surface area contributed by atoms with Gasteiger partial charge in [0.1, 0.15) is 0 Å². The van der Waals surface area contributed by atoms with Gasteiger partial charge >= 0.3 is 0 Å². The zero-order chi connectivity index (χ0) is 14.1. The lowest BCUT2D eigenvalue weighted by atomic mass is 9.98. The summed E-state index contributed by atoms with van der Waals surface area (Å²) in [6.45, 7) is 0. The molecule has 3 rings (SSSR count). The molecule has 2 bridgehead atoms. The van der Waals surface area contributed by atoms with E-state index in [0.717, 1.165) is 37.0 Å². The molecule has 3 nitrogen and oxygen atoms in total. The number of aliphatic hydroxyl groups is 1. The van der Waals surface area contributed by atoms with Gasteiger partial charge in [-0.15, -0.1) is 0 Å². The molecule has 2 heterocycles. The lowest BCUT2D eigenvalue weighted by Crippen LogP contribution is -2.48. The standard InChI is InChI=1S/C16H21NO2S/c1-20-10-11-3-2-4-12(7-11)16(19)17-13-5-6-14(17)9-15(18)8-13/h2-4,7,13-15,18H,5-6,8-10H2,1H3. The van der Waals surface area contributed by atoms with Crippen LogP contribution in [-0.2, 0) is 5.75 Å². The van der Waals surface area contributed by atoms with Crippen LogP contribution in [0.25, 0.3) is 0 Å². The molecule has 20 heavy (non-hydrogen) atoms. The Morgan fingerprint density at radius 1 is 1.35 bits per heavy atom. The number of fused-ring (bicyclic) bond motifs is 2. The van der Waals surface area contributed by atoms with E-state index in [0.29, 0.717) is 0 Å². The number of hydrogen-bond acceptors (Lipinski definition) is 3. The van der Waals surface area contributed by atoms with Crippen molar-refractivity contribution in [3.05, 3.63) is 35.4 Å². The van der Waals surface area contributed by atoms with Gasteiger partial charge in [-0.3, -0.25) is 4.79 Å². The maximum atomic E-state index is 12.8. The average molecular weight is 291 g/mol. The zero-order valence-corrected chi connectivity index (χ0v) is 12.6. The quantitative estimate of drug-likeness (QED) is 0.931. The molecule has 1 aromatic rings. The molecule has 0 radical (unpaired) electrons. The van der Waals surface area contributed by atoms with E-state index >= 15 is 0 Å². The second-order valence-electron chi connectivity index (χ2n) is 5.86. The highest BCUT2D eigenvalue weighted by Crippen LogP contribution is 2.36. The number of nitrogens with zero attached hydrogens (tertiary/aromatic N) is 1. The number of piperidine rings is 1. The van der Waals surface area contributed by atoms with Gasteiger partial charge < -0.3 is 10.0 Å². The summed E-state index contributed by atoms with van der Waals surface area (Å²) in [5, 5.41) is 9.83. The zero-order valence-electron chi connectivity index (χ0n) is 11.8. The summed E-state index contributed by atoms with van der Waals surface area (Å²) in [4.78, 5) is 14.8. The van der Waals surface area contributed by atoms with E-state index in [1.807, 2.05) is 23.1 Å². The van der Waals surface area contributed by atoms with Crippen molar-refractivity contribution in [3.63, 3.8) is 0 Å². The van der Waals surface area contributed by atoms with Crippen molar-refractivity contribution in [1.29, 1.82) is 0 Å². The van der Waals surface area contributed by atoms with Gasteiger partial charge in [0.2, 0.25) is 0 Å². The number of benzene rings is 1. The molecule has 0 saturated carbocycles. The van der Waals surface area contributed by atoms with Crippen LogP contribution in [0, 0.1) is 0 Å². The number of carbonyl (C=O) groups excluding carboxylic acids is 1. The molecule has 1 aromatic carbocycles. The number of hydrogen-bond donors (Lipinski definition) is 1. The fraction of sp³-hybridized carbons (Fsp3) is 0.562. The first kappa shape index (κ1) is 14.0. The molecular weight excluding hydrogens is 270 g/mol. The SMILES string of the molecule is CSCc1cccc(C(=O)N2C3CCC2CC(O)C3)c1. The van der Waals surface area contributed by atoms with Crippen molar-refractivity contribution < 1.29 is 9.90 Å². The van der Waals surface area contributed by atoms with Crippen molar-refractivity contribution >= 4 is 17.7 Å². The van der Waals surface area contributed by atoms with E-state index in [9.17, 15) is 9.90 Å². The Balaban J connectivity index is 1.81. The van der Waals surface area contributed by atoms with Crippen molar-refractivity contribution in [2.45, 2.75) is 49.6 Å². The van der Waals surface area contributed by atoms with Crippen LogP contribution in [0.4, 0.5) is 0 Å². The molecule has 2 saturated heterocycles. The van der Waals surface area contributed by atoms with Crippen LogP contribution in [-0.4, -0.2) is 40.4 Å². The van der Waals surface area contributed by atoms with Gasteiger partial charge in [0.15, 0.2) is 0 Å². The molecule has 0 aromatic heterocycles. The van der Waals surface area contributed by atoms with Gasteiger partial charge in [0.25, 0.3) is 5.91 Å². The molecule has 1 N–H and O–H groups in total. The largest absolute Gasteiger partial charge is 0.393 e. The summed E-state index contributed by atoms with van der Waals surface area (Å²) >= 11 is 1.77. The first-order valence-corrected chi connectivity index (χ1v) is 8.67. The minimum atomic E-state index is -0.223. The first-order valence-electron chi connectivity index (χ1n) is 7.27. The minimum Gasteiger partial charge on any atom is -0.393 e. The molecule has 2 atom stereocenters. The van der Waals surface area contributed by atoms with Crippen LogP contribution in [0.15, 0.2) is 24.3 Å². The third kappa shape index (κ3) is 2.59. The van der Waals surface area contributed by atoms with Gasteiger partial charge in [-0.25, -0.2) is 0 Å². The van der Waals surface area contributed by atoms with Crippen LogP contribution < -0.4 is 0 Å². The third-order valence-electron chi connectivity index (χ3n) is 4.43. The van der Waals surface area contributed by atoms with E-state index < -0.39 is 0 Å². The van der Waals surface area contributed by atoms with Gasteiger partial charge in [0, 0.05) is 23.4 Å². The monoisotopic (exact) mass is 291 g/mol. The Hall–Kier alpha value is -1.00. The van der Waals surface area contributed by atoms with E-state index in [1.54, 1.807) is 11.8 Å². The number of thioether (sulfide) groups is 1. The highest BCUT2D eigenvalue weighted by atomic mass is 32.2. The number of aliphatic hydroxyl groups excluding tert-OH is 1. The normalized spacial score (nSPS) is 28.7. The summed E-state index contributed by atoms with van der Waals surface area (Å²) in [5.74, 6) is 1.08. The Bertz CT molecular complexity index is 491. The number of amides is 1. The van der Waals surface area contributed by atoms with Crippen molar-refractivity contribution in [1.82, 2.24) is 4.90 Å². The maximum Gasteiger partial charge on any atom is 0.254 e. The summed E-state index contributed by atoms with van der Waals surface area (Å²) < 4.78 is 0. The van der Waals surface area contributed by atoms with Gasteiger partial charge in [-0.1, -0.05) is 12.1 Å². The molecule has 2 unspecified atom stereocenters. The van der Waals surface area contributed by atoms with Crippen LogP contribution in [0.3, 0.4) is 0 Å². The molecule has 4 heteroatoms. The van der Waals surface area contributed by atoms with Crippen LogP contribution >= 0.6 is 11.8 Å². The predicted molar refractivity (Wildman–Crippen MR) is 81.9 cm³/mol. The highest BCUT2D eigenvalue weighted by molar-refractivity contribution is 7.97. The fourth-order valence-electron chi connectivity index (χ4n) is 3.59. The Morgan fingerprint density at radius 2 is 2.05 bits per heavy atom. The van der Waals surface area contributed by atoms with Crippen molar-refractivity contribution in [2.24, 2.45) is 0 Å². The summed E-state index contributed by atoms with van der Waals surface area (Å²) in [6, 6.07) is 8.45. The molecule has 2 aliphatic heterocycles. The van der Waals surface area contributed by atoms with Gasteiger partial charge in [0.05, 0.1) is 6.10 Å². The van der Waals surface area contributed by atoms with E-state index in [1.165, 1.54) is 5.56 Å². The average Bonchev–Trinajstić information content (AvgIpc) is 2.71. The fourth-order valence-corrected chi connectivity index (χ4v) is 4.10. The molecule has 0 spiro atoms.